The van der Waals surface area contributed by atoms with E-state index in [9.17, 15) is 4.79 Å². The minimum absolute atomic E-state index is 0.0318. The first kappa shape index (κ1) is 9.26. The van der Waals surface area contributed by atoms with Gasteiger partial charge in [-0.2, -0.15) is 0 Å². The topological polar surface area (TPSA) is 41.1 Å². The van der Waals surface area contributed by atoms with Crippen LogP contribution in [0.4, 0.5) is 0 Å². The molecule has 0 aromatic carbocycles. The minimum atomic E-state index is 0.0318. The van der Waals surface area contributed by atoms with Crippen LogP contribution in [0, 0.1) is 0 Å². The molecule has 0 aromatic rings. The van der Waals surface area contributed by atoms with Gasteiger partial charge in [0.05, 0.1) is 6.04 Å². The molecule has 12 heavy (non-hydrogen) atoms. The fourth-order valence-corrected chi connectivity index (χ4v) is 1.27. The van der Waals surface area contributed by atoms with E-state index in [0.717, 1.165) is 25.0 Å². The van der Waals surface area contributed by atoms with Crippen molar-refractivity contribution in [2.45, 2.75) is 25.8 Å². The first-order valence-electron chi connectivity index (χ1n) is 4.35. The molecular weight excluding hydrogens is 152 g/mol. The van der Waals surface area contributed by atoms with Crippen LogP contribution in [0.15, 0.2) is 12.2 Å². The molecule has 0 radical (unpaired) electrons. The van der Waals surface area contributed by atoms with Crippen LogP contribution in [-0.4, -0.2) is 25.0 Å². The molecule has 0 bridgehead atoms. The van der Waals surface area contributed by atoms with Crippen LogP contribution in [-0.2, 0) is 4.79 Å². The monoisotopic (exact) mass is 168 g/mol. The molecule has 0 aromatic heterocycles. The molecule has 68 valence electrons. The highest BCUT2D eigenvalue weighted by Crippen LogP contribution is 2.04. The highest BCUT2D eigenvalue weighted by Gasteiger charge is 2.20. The molecule has 1 saturated heterocycles. The highest BCUT2D eigenvalue weighted by molar-refractivity contribution is 5.82. The molecule has 0 spiro atoms. The number of hydrogen-bond donors (Lipinski definition) is 2. The lowest BCUT2D eigenvalue weighted by molar-refractivity contribution is -0.122. The van der Waals surface area contributed by atoms with Crippen molar-refractivity contribution in [1.29, 1.82) is 0 Å². The lowest BCUT2D eigenvalue weighted by Crippen LogP contribution is -2.40. The van der Waals surface area contributed by atoms with E-state index >= 15 is 0 Å². The lowest BCUT2D eigenvalue weighted by atomic mass is 10.2. The Morgan fingerprint density at radius 2 is 2.50 bits per heavy atom. The third-order valence-electron chi connectivity index (χ3n) is 1.94. The average molecular weight is 168 g/mol. The maximum absolute atomic E-state index is 11.3. The number of hydrogen-bond acceptors (Lipinski definition) is 2. The van der Waals surface area contributed by atoms with Crippen molar-refractivity contribution < 1.29 is 4.79 Å². The highest BCUT2D eigenvalue weighted by atomic mass is 16.2. The smallest absolute Gasteiger partial charge is 0.237 e. The summed E-state index contributed by atoms with van der Waals surface area (Å²) in [6, 6.07) is 0.0318. The maximum Gasteiger partial charge on any atom is 0.237 e. The van der Waals surface area contributed by atoms with Gasteiger partial charge in [-0.3, -0.25) is 4.79 Å². The number of nitrogens with one attached hydrogen (secondary N) is 2. The van der Waals surface area contributed by atoms with E-state index in [1.807, 2.05) is 6.92 Å². The van der Waals surface area contributed by atoms with Crippen molar-refractivity contribution in [2.24, 2.45) is 0 Å². The molecule has 1 amide bonds. The summed E-state index contributed by atoms with van der Waals surface area (Å²) in [6.07, 6.45) is 2.06. The summed E-state index contributed by atoms with van der Waals surface area (Å²) in [5.74, 6) is 0.107. The summed E-state index contributed by atoms with van der Waals surface area (Å²) in [4.78, 5) is 11.3. The Morgan fingerprint density at radius 1 is 1.75 bits per heavy atom. The Kier molecular flexibility index (Phi) is 3.29. The number of rotatable bonds is 3. The van der Waals surface area contributed by atoms with Crippen LogP contribution >= 0.6 is 0 Å². The van der Waals surface area contributed by atoms with E-state index in [2.05, 4.69) is 17.2 Å². The van der Waals surface area contributed by atoms with Gasteiger partial charge in [0, 0.05) is 6.54 Å². The van der Waals surface area contributed by atoms with Crippen molar-refractivity contribution in [1.82, 2.24) is 10.6 Å². The van der Waals surface area contributed by atoms with E-state index in [-0.39, 0.29) is 11.9 Å². The SMILES string of the molecule is C=C(C)CNC(=O)[C@@H]1CCCN1. The minimum Gasteiger partial charge on any atom is -0.351 e. The van der Waals surface area contributed by atoms with Crippen molar-refractivity contribution >= 4 is 5.91 Å². The van der Waals surface area contributed by atoms with Gasteiger partial charge in [-0.15, -0.1) is 0 Å². The van der Waals surface area contributed by atoms with Crippen molar-refractivity contribution in [2.75, 3.05) is 13.1 Å². The number of carbonyl (C=O) groups excluding carboxylic acids is 1. The summed E-state index contributed by atoms with van der Waals surface area (Å²) in [6.45, 7) is 7.18. The molecule has 1 rings (SSSR count). The van der Waals surface area contributed by atoms with E-state index in [4.69, 9.17) is 0 Å². The maximum atomic E-state index is 11.3. The third kappa shape index (κ3) is 2.66. The zero-order valence-corrected chi connectivity index (χ0v) is 7.52. The van der Waals surface area contributed by atoms with Gasteiger partial charge in [-0.25, -0.2) is 0 Å². The summed E-state index contributed by atoms with van der Waals surface area (Å²) in [7, 11) is 0. The summed E-state index contributed by atoms with van der Waals surface area (Å²) in [5.41, 5.74) is 0.987. The quantitative estimate of drug-likeness (QED) is 0.600. The molecule has 1 atom stereocenters. The molecule has 1 fully saturated rings. The Labute approximate surface area is 73.2 Å². The van der Waals surface area contributed by atoms with Crippen LogP contribution in [0.1, 0.15) is 19.8 Å². The summed E-state index contributed by atoms with van der Waals surface area (Å²) < 4.78 is 0. The van der Waals surface area contributed by atoms with Gasteiger partial charge in [0.2, 0.25) is 5.91 Å². The van der Waals surface area contributed by atoms with E-state index in [1.54, 1.807) is 0 Å². The van der Waals surface area contributed by atoms with E-state index in [0.29, 0.717) is 6.54 Å². The number of amides is 1. The molecule has 1 aliphatic rings. The zero-order valence-electron chi connectivity index (χ0n) is 7.52. The Balaban J connectivity index is 2.23. The molecule has 0 aliphatic carbocycles. The molecule has 3 heteroatoms. The first-order chi connectivity index (χ1) is 5.70. The fourth-order valence-electron chi connectivity index (χ4n) is 1.27. The van der Waals surface area contributed by atoms with Crippen molar-refractivity contribution in [3.63, 3.8) is 0 Å². The Hall–Kier alpha value is -0.830. The van der Waals surface area contributed by atoms with Gasteiger partial charge in [0.1, 0.15) is 0 Å². The standard InChI is InChI=1S/C9H16N2O/c1-7(2)6-11-9(12)8-4-3-5-10-8/h8,10H,1,3-6H2,2H3,(H,11,12)/t8-/m0/s1. The molecule has 0 unspecified atom stereocenters. The largest absolute Gasteiger partial charge is 0.351 e. The van der Waals surface area contributed by atoms with Crippen LogP contribution in [0.3, 0.4) is 0 Å². The lowest BCUT2D eigenvalue weighted by Gasteiger charge is -2.10. The van der Waals surface area contributed by atoms with Crippen molar-refractivity contribution in [3.8, 4) is 0 Å². The molecular formula is C9H16N2O. The van der Waals surface area contributed by atoms with Gasteiger partial charge >= 0.3 is 0 Å². The van der Waals surface area contributed by atoms with E-state index < -0.39 is 0 Å². The second kappa shape index (κ2) is 4.26. The van der Waals surface area contributed by atoms with Gasteiger partial charge in [-0.1, -0.05) is 12.2 Å². The van der Waals surface area contributed by atoms with Crippen molar-refractivity contribution in [3.05, 3.63) is 12.2 Å². The van der Waals surface area contributed by atoms with Crippen LogP contribution in [0.5, 0.6) is 0 Å². The Bertz CT molecular complexity index is 183. The predicted octanol–water partition coefficient (Wildman–Crippen LogP) is 0.431. The van der Waals surface area contributed by atoms with Crippen LogP contribution in [0.2, 0.25) is 0 Å². The van der Waals surface area contributed by atoms with Crippen LogP contribution in [0.25, 0.3) is 0 Å². The van der Waals surface area contributed by atoms with Gasteiger partial charge in [0.25, 0.3) is 0 Å². The molecule has 3 nitrogen and oxygen atoms in total. The summed E-state index contributed by atoms with van der Waals surface area (Å²) in [5, 5.41) is 5.96. The molecule has 1 aliphatic heterocycles. The molecule has 1 heterocycles. The van der Waals surface area contributed by atoms with E-state index in [1.165, 1.54) is 0 Å². The average Bonchev–Trinajstić information content (AvgIpc) is 2.51. The first-order valence-corrected chi connectivity index (χ1v) is 4.35. The Morgan fingerprint density at radius 3 is 3.00 bits per heavy atom. The second-order valence-electron chi connectivity index (χ2n) is 3.32. The normalized spacial score (nSPS) is 22.2. The molecule has 0 saturated carbocycles. The molecule has 2 N–H and O–H groups in total. The second-order valence-corrected chi connectivity index (χ2v) is 3.32. The summed E-state index contributed by atoms with van der Waals surface area (Å²) >= 11 is 0. The number of carbonyl (C=O) groups is 1. The zero-order chi connectivity index (χ0) is 8.97. The third-order valence-corrected chi connectivity index (χ3v) is 1.94. The van der Waals surface area contributed by atoms with Gasteiger partial charge in [0.15, 0.2) is 0 Å². The fraction of sp³-hybridized carbons (Fsp3) is 0.667. The van der Waals surface area contributed by atoms with Gasteiger partial charge < -0.3 is 10.6 Å². The van der Waals surface area contributed by atoms with Gasteiger partial charge in [-0.05, 0) is 26.3 Å². The van der Waals surface area contributed by atoms with Crippen LogP contribution < -0.4 is 10.6 Å². The predicted molar refractivity (Wildman–Crippen MR) is 48.8 cm³/mol.